The first kappa shape index (κ1) is 15.9. The Morgan fingerprint density at radius 3 is 2.38 bits per heavy atom. The summed E-state index contributed by atoms with van der Waals surface area (Å²) in [6, 6.07) is 7.96. The van der Waals surface area contributed by atoms with Crippen LogP contribution in [0.15, 0.2) is 41.3 Å². The van der Waals surface area contributed by atoms with Crippen LogP contribution in [0.1, 0.15) is 15.9 Å². The van der Waals surface area contributed by atoms with Gasteiger partial charge in [0.2, 0.25) is 0 Å². The summed E-state index contributed by atoms with van der Waals surface area (Å²) in [6.07, 6.45) is 0. The molecule has 0 aliphatic rings. The number of benzene rings is 2. The summed E-state index contributed by atoms with van der Waals surface area (Å²) < 4.78 is 26.0. The summed E-state index contributed by atoms with van der Waals surface area (Å²) in [4.78, 5) is 10.7. The van der Waals surface area contributed by atoms with Crippen molar-refractivity contribution in [3.8, 4) is 0 Å². The molecule has 0 aliphatic carbocycles. The van der Waals surface area contributed by atoms with Gasteiger partial charge in [-0.15, -0.1) is 0 Å². The summed E-state index contributed by atoms with van der Waals surface area (Å²) in [5.74, 6) is -2.05. The third kappa shape index (κ3) is 3.61. The van der Waals surface area contributed by atoms with Crippen LogP contribution < -0.4 is 0 Å². The third-order valence-corrected chi connectivity index (χ3v) is 4.82. The zero-order chi connectivity index (χ0) is 15.6. The number of aromatic carboxylic acids is 1. The van der Waals surface area contributed by atoms with Crippen LogP contribution in [-0.4, -0.2) is 15.3 Å². The van der Waals surface area contributed by atoms with E-state index in [1.54, 1.807) is 18.2 Å². The summed E-state index contributed by atoms with van der Waals surface area (Å²) in [6.45, 7) is 0. The Kier molecular flexibility index (Phi) is 4.98. The first-order chi connectivity index (χ1) is 9.90. The number of hydrogen-bond acceptors (Lipinski definition) is 2. The number of halogens is 3. The molecule has 0 aromatic heterocycles. The molecule has 2 aromatic rings. The van der Waals surface area contributed by atoms with E-state index in [2.05, 4.69) is 0 Å². The van der Waals surface area contributed by atoms with Crippen LogP contribution in [0, 0.1) is 5.82 Å². The average molecular weight is 347 g/mol. The van der Waals surface area contributed by atoms with Gasteiger partial charge in [0.1, 0.15) is 5.82 Å². The molecule has 0 fully saturated rings. The summed E-state index contributed by atoms with van der Waals surface area (Å²) in [5, 5.41) is 9.55. The smallest absolute Gasteiger partial charge is 0.335 e. The van der Waals surface area contributed by atoms with Crippen molar-refractivity contribution < 1.29 is 18.5 Å². The molecule has 0 heterocycles. The van der Waals surface area contributed by atoms with Crippen molar-refractivity contribution in [2.75, 3.05) is 0 Å². The number of carboxylic acid groups (broad SMARTS) is 1. The molecule has 7 heteroatoms. The van der Waals surface area contributed by atoms with Crippen molar-refractivity contribution in [1.82, 2.24) is 0 Å². The molecular formula is C14H9Cl2FO3S. The molecule has 0 aliphatic heterocycles. The molecule has 21 heavy (non-hydrogen) atoms. The number of carbonyl (C=O) groups is 1. The Morgan fingerprint density at radius 1 is 1.19 bits per heavy atom. The summed E-state index contributed by atoms with van der Waals surface area (Å²) in [5.41, 5.74) is 0.296. The van der Waals surface area contributed by atoms with E-state index in [0.717, 1.165) is 18.2 Å². The number of hydrogen-bond donors (Lipinski definition) is 1. The van der Waals surface area contributed by atoms with E-state index >= 15 is 0 Å². The minimum Gasteiger partial charge on any atom is -0.478 e. The van der Waals surface area contributed by atoms with E-state index in [9.17, 15) is 13.4 Å². The maximum atomic E-state index is 13.7. The highest BCUT2D eigenvalue weighted by atomic mass is 35.5. The van der Waals surface area contributed by atoms with Gasteiger partial charge in [0, 0.05) is 15.6 Å². The average Bonchev–Trinajstić information content (AvgIpc) is 2.43. The quantitative estimate of drug-likeness (QED) is 0.904. The molecular weight excluding hydrogens is 338 g/mol. The minimum atomic E-state index is -1.80. The standard InChI is InChI=1S/C14H9Cl2FO3S/c15-10-2-1-3-11(16)9(10)7-21(20)13-6-8(14(18)19)4-5-12(13)17/h1-6H,7H2,(H,18,19). The van der Waals surface area contributed by atoms with Gasteiger partial charge in [-0.2, -0.15) is 0 Å². The Morgan fingerprint density at radius 2 is 1.81 bits per heavy atom. The first-order valence-corrected chi connectivity index (χ1v) is 7.81. The lowest BCUT2D eigenvalue weighted by atomic mass is 10.2. The number of rotatable bonds is 4. The molecule has 0 saturated carbocycles. The molecule has 0 spiro atoms. The van der Waals surface area contributed by atoms with Gasteiger partial charge in [0.05, 0.1) is 27.0 Å². The molecule has 1 unspecified atom stereocenters. The van der Waals surface area contributed by atoms with Gasteiger partial charge in [-0.05, 0) is 30.3 Å². The highest BCUT2D eigenvalue weighted by molar-refractivity contribution is 7.84. The van der Waals surface area contributed by atoms with Gasteiger partial charge in [-0.1, -0.05) is 29.3 Å². The van der Waals surface area contributed by atoms with Crippen molar-refractivity contribution in [3.63, 3.8) is 0 Å². The Balaban J connectivity index is 2.37. The molecule has 0 saturated heterocycles. The van der Waals surface area contributed by atoms with Gasteiger partial charge < -0.3 is 5.11 Å². The highest BCUT2D eigenvalue weighted by Crippen LogP contribution is 2.27. The molecule has 110 valence electrons. The Bertz CT molecular complexity index is 714. The van der Waals surface area contributed by atoms with Crippen LogP contribution in [0.5, 0.6) is 0 Å². The lowest BCUT2D eigenvalue weighted by Crippen LogP contribution is -2.04. The second-order valence-electron chi connectivity index (χ2n) is 4.14. The normalized spacial score (nSPS) is 12.1. The van der Waals surface area contributed by atoms with Crippen molar-refractivity contribution in [2.24, 2.45) is 0 Å². The van der Waals surface area contributed by atoms with Crippen LogP contribution in [0.2, 0.25) is 10.0 Å². The fourth-order valence-electron chi connectivity index (χ4n) is 1.69. The fourth-order valence-corrected chi connectivity index (χ4v) is 3.65. The van der Waals surface area contributed by atoms with Crippen LogP contribution in [0.25, 0.3) is 0 Å². The van der Waals surface area contributed by atoms with Crippen molar-refractivity contribution >= 4 is 40.0 Å². The zero-order valence-corrected chi connectivity index (χ0v) is 12.8. The predicted molar refractivity (Wildman–Crippen MR) is 79.9 cm³/mol. The fraction of sp³-hybridized carbons (Fsp3) is 0.0714. The zero-order valence-electron chi connectivity index (χ0n) is 10.5. The van der Waals surface area contributed by atoms with E-state index in [-0.39, 0.29) is 16.2 Å². The molecule has 1 atom stereocenters. The van der Waals surface area contributed by atoms with Crippen molar-refractivity contribution in [2.45, 2.75) is 10.6 Å². The Hall–Kier alpha value is -1.43. The van der Waals surface area contributed by atoms with Gasteiger partial charge in [-0.3, -0.25) is 4.21 Å². The van der Waals surface area contributed by atoms with Crippen molar-refractivity contribution in [3.05, 3.63) is 63.4 Å². The van der Waals surface area contributed by atoms with Crippen LogP contribution in [0.3, 0.4) is 0 Å². The monoisotopic (exact) mass is 346 g/mol. The Labute approximate surface area is 132 Å². The maximum Gasteiger partial charge on any atom is 0.335 e. The van der Waals surface area contributed by atoms with Gasteiger partial charge >= 0.3 is 5.97 Å². The third-order valence-electron chi connectivity index (χ3n) is 2.76. The van der Waals surface area contributed by atoms with Crippen LogP contribution in [0.4, 0.5) is 4.39 Å². The second-order valence-corrected chi connectivity index (χ2v) is 6.37. The van der Waals surface area contributed by atoms with E-state index in [4.69, 9.17) is 28.3 Å². The SMILES string of the molecule is O=C(O)c1ccc(F)c(S(=O)Cc2c(Cl)cccc2Cl)c1. The molecule has 3 nitrogen and oxygen atoms in total. The predicted octanol–water partition coefficient (Wildman–Crippen LogP) is 4.14. The maximum absolute atomic E-state index is 13.7. The van der Waals surface area contributed by atoms with E-state index in [1.165, 1.54) is 0 Å². The van der Waals surface area contributed by atoms with Crippen LogP contribution >= 0.6 is 23.2 Å². The molecule has 0 radical (unpaired) electrons. The molecule has 1 N–H and O–H groups in total. The van der Waals surface area contributed by atoms with Gasteiger partial charge in [0.15, 0.2) is 0 Å². The van der Waals surface area contributed by atoms with Gasteiger partial charge in [0.25, 0.3) is 0 Å². The topological polar surface area (TPSA) is 54.4 Å². The lowest BCUT2D eigenvalue weighted by Gasteiger charge is -2.08. The van der Waals surface area contributed by atoms with E-state index < -0.39 is 22.6 Å². The summed E-state index contributed by atoms with van der Waals surface area (Å²) >= 11 is 12.0. The lowest BCUT2D eigenvalue weighted by molar-refractivity contribution is 0.0696. The largest absolute Gasteiger partial charge is 0.478 e. The number of carboxylic acids is 1. The first-order valence-electron chi connectivity index (χ1n) is 5.74. The van der Waals surface area contributed by atoms with Crippen LogP contribution in [-0.2, 0) is 16.6 Å². The summed E-state index contributed by atoms with van der Waals surface area (Å²) in [7, 11) is -1.80. The van der Waals surface area contributed by atoms with E-state index in [1.807, 2.05) is 0 Å². The second kappa shape index (κ2) is 6.56. The van der Waals surface area contributed by atoms with Gasteiger partial charge in [-0.25, -0.2) is 9.18 Å². The minimum absolute atomic E-state index is 0.0987. The van der Waals surface area contributed by atoms with E-state index in [0.29, 0.717) is 15.6 Å². The molecule has 0 amide bonds. The molecule has 2 rings (SSSR count). The molecule has 2 aromatic carbocycles. The highest BCUT2D eigenvalue weighted by Gasteiger charge is 2.17. The van der Waals surface area contributed by atoms with Crippen molar-refractivity contribution in [1.29, 1.82) is 0 Å². The molecule has 0 bridgehead atoms.